The standard InChI is InChI=1S/C50H40N2O2.Pt/c1-49(2)41-13-7-5-11-37(41)39-23-21-31(25-43(39)49)33-17-19-35(47(53)27-33)29-51-45-15-9-10-16-46(45)52-30-36-20-18-34(28-48(36)54)32-22-24-40-38-12-6-8-14-42(38)50(3,4)44(40)26-32;/h5-30,53-54H,1-4H3;. The summed E-state index contributed by atoms with van der Waals surface area (Å²) in [4.78, 5) is 9.42. The first-order valence-electron chi connectivity index (χ1n) is 18.4. The number of phenols is 2. The average Bonchev–Trinajstić information content (AvgIpc) is 3.56. The van der Waals surface area contributed by atoms with Crippen LogP contribution < -0.4 is 0 Å². The van der Waals surface area contributed by atoms with Gasteiger partial charge in [-0.2, -0.15) is 0 Å². The minimum Gasteiger partial charge on any atom is -0.507 e. The van der Waals surface area contributed by atoms with Gasteiger partial charge in [0, 0.05) is 55.5 Å². The third-order valence-corrected chi connectivity index (χ3v) is 11.5. The number of rotatable bonds is 6. The molecule has 2 aliphatic rings. The van der Waals surface area contributed by atoms with Crippen molar-refractivity contribution in [3.05, 3.63) is 179 Å². The quantitative estimate of drug-likeness (QED) is 0.163. The molecule has 2 aliphatic carbocycles. The summed E-state index contributed by atoms with van der Waals surface area (Å²) in [6.07, 6.45) is 3.33. The molecule has 7 aromatic carbocycles. The third-order valence-electron chi connectivity index (χ3n) is 11.5. The minimum absolute atomic E-state index is 0. The van der Waals surface area contributed by atoms with E-state index in [2.05, 4.69) is 113 Å². The van der Waals surface area contributed by atoms with Crippen LogP contribution in [-0.4, -0.2) is 22.6 Å². The number of aromatic hydroxyl groups is 2. The summed E-state index contributed by atoms with van der Waals surface area (Å²) < 4.78 is 0. The number of para-hydroxylation sites is 2. The Labute approximate surface area is 336 Å². The molecule has 0 amide bonds. The predicted molar refractivity (Wildman–Crippen MR) is 223 cm³/mol. The minimum atomic E-state index is -0.0945. The van der Waals surface area contributed by atoms with E-state index in [1.54, 1.807) is 24.6 Å². The zero-order valence-electron chi connectivity index (χ0n) is 31.1. The van der Waals surface area contributed by atoms with Gasteiger partial charge < -0.3 is 10.2 Å². The maximum Gasteiger partial charge on any atom is 0.124 e. The Kier molecular flexibility index (Phi) is 9.06. The second-order valence-corrected chi connectivity index (χ2v) is 15.4. The van der Waals surface area contributed by atoms with E-state index < -0.39 is 0 Å². The van der Waals surface area contributed by atoms with Gasteiger partial charge in [0.1, 0.15) is 11.5 Å². The van der Waals surface area contributed by atoms with Crippen molar-refractivity contribution >= 4 is 23.8 Å². The fourth-order valence-corrected chi connectivity index (χ4v) is 8.39. The Morgan fingerprint density at radius 3 is 1.16 bits per heavy atom. The van der Waals surface area contributed by atoms with Gasteiger partial charge >= 0.3 is 0 Å². The molecule has 0 bridgehead atoms. The van der Waals surface area contributed by atoms with Gasteiger partial charge in [0.05, 0.1) is 11.4 Å². The monoisotopic (exact) mass is 895 g/mol. The summed E-state index contributed by atoms with van der Waals surface area (Å²) in [5.41, 5.74) is 16.7. The van der Waals surface area contributed by atoms with Crippen LogP contribution in [0.1, 0.15) is 61.1 Å². The number of fused-ring (bicyclic) bond motifs is 6. The van der Waals surface area contributed by atoms with Crippen molar-refractivity contribution in [3.8, 4) is 56.0 Å². The van der Waals surface area contributed by atoms with E-state index in [1.165, 1.54) is 44.5 Å². The molecule has 0 fully saturated rings. The molecule has 5 heteroatoms. The van der Waals surface area contributed by atoms with Crippen LogP contribution in [-0.2, 0) is 31.9 Å². The molecule has 0 radical (unpaired) electrons. The Morgan fingerprint density at radius 1 is 0.400 bits per heavy atom. The normalized spacial score (nSPS) is 14.3. The molecule has 7 aromatic rings. The summed E-state index contributed by atoms with van der Waals surface area (Å²) in [5.74, 6) is 0.309. The molecule has 0 saturated carbocycles. The van der Waals surface area contributed by atoms with Crippen molar-refractivity contribution in [1.82, 2.24) is 0 Å². The molecular weight excluding hydrogens is 856 g/mol. The van der Waals surface area contributed by atoms with Crippen molar-refractivity contribution in [2.24, 2.45) is 9.98 Å². The number of hydrogen-bond acceptors (Lipinski definition) is 4. The van der Waals surface area contributed by atoms with Crippen LogP contribution >= 0.6 is 0 Å². The topological polar surface area (TPSA) is 65.2 Å². The fraction of sp³-hybridized carbons (Fsp3) is 0.120. The zero-order valence-corrected chi connectivity index (χ0v) is 33.4. The maximum absolute atomic E-state index is 11.1. The molecular formula is C50H40N2O2Pt. The molecule has 4 nitrogen and oxygen atoms in total. The Bertz CT molecular complexity index is 2520. The SMILES string of the molecule is CC1(C)c2ccccc2-c2ccc(-c3ccc(C=Nc4ccccc4N=Cc4ccc(-c5ccc6c(c5)C(C)(C)c5ccccc5-6)cc4O)c(O)c3)cc21.[Pt]. The van der Waals surface area contributed by atoms with Gasteiger partial charge in [0.15, 0.2) is 0 Å². The van der Waals surface area contributed by atoms with E-state index in [4.69, 9.17) is 9.98 Å². The van der Waals surface area contributed by atoms with Crippen molar-refractivity contribution < 1.29 is 31.3 Å². The van der Waals surface area contributed by atoms with E-state index in [0.717, 1.165) is 22.3 Å². The Balaban J connectivity index is 0.00000427. The molecule has 0 atom stereocenters. The van der Waals surface area contributed by atoms with Crippen LogP contribution in [0.25, 0.3) is 44.5 Å². The molecule has 272 valence electrons. The molecule has 0 aliphatic heterocycles. The molecule has 0 aromatic heterocycles. The molecule has 9 rings (SSSR count). The predicted octanol–water partition coefficient (Wildman–Crippen LogP) is 12.5. The first-order valence-corrected chi connectivity index (χ1v) is 18.4. The van der Waals surface area contributed by atoms with Crippen LogP contribution in [0.15, 0.2) is 156 Å². The molecule has 0 saturated heterocycles. The van der Waals surface area contributed by atoms with E-state index >= 15 is 0 Å². The third kappa shape index (κ3) is 6.15. The van der Waals surface area contributed by atoms with Crippen molar-refractivity contribution in [1.29, 1.82) is 0 Å². The van der Waals surface area contributed by atoms with Gasteiger partial charge in [0.25, 0.3) is 0 Å². The molecule has 2 N–H and O–H groups in total. The van der Waals surface area contributed by atoms with E-state index in [1.807, 2.05) is 48.5 Å². The van der Waals surface area contributed by atoms with Gasteiger partial charge in [-0.1, -0.05) is 125 Å². The van der Waals surface area contributed by atoms with Gasteiger partial charge in [0.2, 0.25) is 0 Å². The summed E-state index contributed by atoms with van der Waals surface area (Å²) in [6, 6.07) is 49.4. The largest absolute Gasteiger partial charge is 0.507 e. The zero-order chi connectivity index (χ0) is 37.2. The molecule has 0 spiro atoms. The van der Waals surface area contributed by atoms with E-state index in [-0.39, 0.29) is 43.4 Å². The summed E-state index contributed by atoms with van der Waals surface area (Å²) >= 11 is 0. The van der Waals surface area contributed by atoms with Crippen LogP contribution in [0.2, 0.25) is 0 Å². The first-order chi connectivity index (χ1) is 26.1. The number of hydrogen-bond donors (Lipinski definition) is 2. The number of phenolic OH excluding ortho intramolecular Hbond substituents is 2. The van der Waals surface area contributed by atoms with Gasteiger partial charge in [-0.3, -0.25) is 9.98 Å². The van der Waals surface area contributed by atoms with Crippen LogP contribution in [0.4, 0.5) is 11.4 Å². The van der Waals surface area contributed by atoms with Crippen molar-refractivity contribution in [2.75, 3.05) is 0 Å². The van der Waals surface area contributed by atoms with Crippen LogP contribution in [0, 0.1) is 0 Å². The molecule has 55 heavy (non-hydrogen) atoms. The average molecular weight is 896 g/mol. The summed E-state index contributed by atoms with van der Waals surface area (Å²) in [6.45, 7) is 9.09. The van der Waals surface area contributed by atoms with E-state index in [0.29, 0.717) is 22.5 Å². The maximum atomic E-state index is 11.1. The molecule has 0 unspecified atom stereocenters. The number of aliphatic imine (C=N–C) groups is 2. The second-order valence-electron chi connectivity index (χ2n) is 15.4. The van der Waals surface area contributed by atoms with Gasteiger partial charge in [-0.05, 0) is 115 Å². The van der Waals surface area contributed by atoms with Crippen molar-refractivity contribution in [3.63, 3.8) is 0 Å². The smallest absolute Gasteiger partial charge is 0.124 e. The van der Waals surface area contributed by atoms with Crippen LogP contribution in [0.5, 0.6) is 11.5 Å². The van der Waals surface area contributed by atoms with Gasteiger partial charge in [-0.25, -0.2) is 0 Å². The second kappa shape index (κ2) is 13.8. The number of benzene rings is 7. The summed E-state index contributed by atoms with van der Waals surface area (Å²) in [7, 11) is 0. The first kappa shape index (κ1) is 36.2. The van der Waals surface area contributed by atoms with Gasteiger partial charge in [-0.15, -0.1) is 0 Å². The fourth-order valence-electron chi connectivity index (χ4n) is 8.39. The van der Waals surface area contributed by atoms with Crippen LogP contribution in [0.3, 0.4) is 0 Å². The van der Waals surface area contributed by atoms with E-state index in [9.17, 15) is 10.2 Å². The summed E-state index contributed by atoms with van der Waals surface area (Å²) in [5, 5.41) is 22.2. The number of nitrogens with zero attached hydrogens (tertiary/aromatic N) is 2. The van der Waals surface area contributed by atoms with Crippen molar-refractivity contribution in [2.45, 2.75) is 38.5 Å². The molecule has 0 heterocycles. The Hall–Kier alpha value is -5.83. The Morgan fingerprint density at radius 2 is 0.745 bits per heavy atom.